The lowest BCUT2D eigenvalue weighted by molar-refractivity contribution is -0.115. The number of nitrogens with one attached hydrogen (secondary N) is 1. The molecule has 2 aromatic carbocycles. The molecule has 0 bridgehead atoms. The van der Waals surface area contributed by atoms with Crippen molar-refractivity contribution in [2.75, 3.05) is 0 Å². The fourth-order valence-corrected chi connectivity index (χ4v) is 3.45. The normalized spacial score (nSPS) is 15.8. The fourth-order valence-electron chi connectivity index (χ4n) is 2.78. The van der Waals surface area contributed by atoms with E-state index in [1.54, 1.807) is 29.0 Å². The maximum absolute atomic E-state index is 12.7. The highest BCUT2D eigenvalue weighted by atomic mass is 32.2. The molecule has 0 unspecified atom stereocenters. The average molecular weight is 348 g/mol. The second-order valence-electron chi connectivity index (χ2n) is 5.49. The molecule has 122 valence electrons. The number of hydrogen-bond acceptors (Lipinski definition) is 4. The van der Waals surface area contributed by atoms with Gasteiger partial charge in [0.2, 0.25) is 0 Å². The van der Waals surface area contributed by atoms with Gasteiger partial charge < -0.3 is 0 Å². The zero-order valence-corrected chi connectivity index (χ0v) is 13.7. The summed E-state index contributed by atoms with van der Waals surface area (Å²) < 4.78 is 1.58. The third kappa shape index (κ3) is 2.77. The third-order valence-electron chi connectivity index (χ3n) is 3.93. The van der Waals surface area contributed by atoms with Crippen LogP contribution in [-0.4, -0.2) is 21.6 Å². The molecule has 0 radical (unpaired) electrons. The van der Waals surface area contributed by atoms with Crippen LogP contribution in [-0.2, 0) is 4.79 Å². The Morgan fingerprint density at radius 1 is 1.00 bits per heavy atom. The Morgan fingerprint density at radius 2 is 1.80 bits per heavy atom. The maximum Gasteiger partial charge on any atom is 0.290 e. The van der Waals surface area contributed by atoms with Crippen molar-refractivity contribution in [3.8, 4) is 0 Å². The summed E-state index contributed by atoms with van der Waals surface area (Å²) in [6.45, 7) is 0. The maximum atomic E-state index is 12.7. The molecule has 1 aromatic heterocycles. The van der Waals surface area contributed by atoms with Crippen LogP contribution in [0.3, 0.4) is 0 Å². The Kier molecular flexibility index (Phi) is 3.74. The Bertz CT molecular complexity index is 1050. The minimum absolute atomic E-state index is 0.122. The lowest BCUT2D eigenvalue weighted by Crippen LogP contribution is -2.17. The van der Waals surface area contributed by atoms with Gasteiger partial charge in [0.05, 0.1) is 10.4 Å². The van der Waals surface area contributed by atoms with Crippen LogP contribution >= 0.6 is 11.8 Å². The summed E-state index contributed by atoms with van der Waals surface area (Å²) in [5, 5.41) is 2.70. The van der Waals surface area contributed by atoms with Crippen LogP contribution in [0.1, 0.15) is 15.9 Å². The first kappa shape index (κ1) is 15.4. The molecular formula is C19H12N2O3S. The van der Waals surface area contributed by atoms with E-state index in [-0.39, 0.29) is 11.1 Å². The summed E-state index contributed by atoms with van der Waals surface area (Å²) in [5.74, 6) is -0.518. The van der Waals surface area contributed by atoms with Gasteiger partial charge in [-0.2, -0.15) is 0 Å². The first-order chi connectivity index (χ1) is 12.1. The Morgan fingerprint density at radius 3 is 2.52 bits per heavy atom. The van der Waals surface area contributed by atoms with E-state index in [4.69, 9.17) is 0 Å². The van der Waals surface area contributed by atoms with Gasteiger partial charge in [-0.25, -0.2) is 0 Å². The highest BCUT2D eigenvalue weighted by Crippen LogP contribution is 2.29. The Hall–Kier alpha value is -3.12. The molecule has 1 saturated heterocycles. The predicted molar refractivity (Wildman–Crippen MR) is 97.2 cm³/mol. The van der Waals surface area contributed by atoms with Gasteiger partial charge in [-0.05, 0) is 47.7 Å². The van der Waals surface area contributed by atoms with Crippen molar-refractivity contribution in [1.82, 2.24) is 9.88 Å². The van der Waals surface area contributed by atoms with Gasteiger partial charge in [0.15, 0.2) is 0 Å². The summed E-state index contributed by atoms with van der Waals surface area (Å²) >= 11 is 0.875. The number of aromatic nitrogens is 1. The molecule has 1 fully saturated rings. The molecule has 5 nitrogen and oxygen atoms in total. The van der Waals surface area contributed by atoms with Crippen LogP contribution in [0.25, 0.3) is 17.0 Å². The van der Waals surface area contributed by atoms with Crippen LogP contribution in [0.4, 0.5) is 4.79 Å². The lowest BCUT2D eigenvalue weighted by atomic mass is 10.1. The second kappa shape index (κ2) is 6.07. The molecule has 2 heterocycles. The highest BCUT2D eigenvalue weighted by Gasteiger charge is 2.25. The van der Waals surface area contributed by atoms with Gasteiger partial charge >= 0.3 is 0 Å². The van der Waals surface area contributed by atoms with Crippen molar-refractivity contribution in [2.24, 2.45) is 0 Å². The Labute approximate surface area is 147 Å². The molecule has 1 aliphatic rings. The van der Waals surface area contributed by atoms with Gasteiger partial charge in [-0.3, -0.25) is 24.3 Å². The molecule has 2 amide bonds. The topological polar surface area (TPSA) is 68.2 Å². The van der Waals surface area contributed by atoms with E-state index in [0.717, 1.165) is 28.2 Å². The van der Waals surface area contributed by atoms with Crippen molar-refractivity contribution in [3.05, 3.63) is 76.8 Å². The zero-order valence-electron chi connectivity index (χ0n) is 12.9. The van der Waals surface area contributed by atoms with E-state index in [9.17, 15) is 14.4 Å². The lowest BCUT2D eigenvalue weighted by Gasteiger charge is -2.05. The fraction of sp³-hybridized carbons (Fsp3) is 0. The van der Waals surface area contributed by atoms with Crippen LogP contribution in [0.2, 0.25) is 0 Å². The standard InChI is InChI=1S/C19H12N2O3S/c22-17-16(25-19(24)20-17)11-13-7-4-8-15-14(13)9-10-21(15)18(23)12-5-2-1-3-6-12/h1-11H,(H,20,22,24)/b16-11-. The largest absolute Gasteiger partial charge is 0.290 e. The average Bonchev–Trinajstić information content (AvgIpc) is 3.19. The van der Waals surface area contributed by atoms with Crippen molar-refractivity contribution < 1.29 is 14.4 Å². The van der Waals surface area contributed by atoms with E-state index in [1.807, 2.05) is 42.5 Å². The molecular weight excluding hydrogens is 336 g/mol. The number of carbonyl (C=O) groups excluding carboxylic acids is 3. The quantitative estimate of drug-likeness (QED) is 0.718. The monoisotopic (exact) mass is 348 g/mol. The Balaban J connectivity index is 1.79. The summed E-state index contributed by atoms with van der Waals surface area (Å²) in [7, 11) is 0. The van der Waals surface area contributed by atoms with Crippen molar-refractivity contribution in [1.29, 1.82) is 0 Å². The highest BCUT2D eigenvalue weighted by molar-refractivity contribution is 8.18. The minimum atomic E-state index is -0.396. The third-order valence-corrected chi connectivity index (χ3v) is 4.75. The molecule has 1 N–H and O–H groups in total. The van der Waals surface area contributed by atoms with Gasteiger partial charge in [0.1, 0.15) is 0 Å². The first-order valence-corrected chi connectivity index (χ1v) is 8.40. The molecule has 0 spiro atoms. The molecule has 6 heteroatoms. The van der Waals surface area contributed by atoms with E-state index >= 15 is 0 Å². The van der Waals surface area contributed by atoms with Gasteiger partial charge in [-0.1, -0.05) is 30.3 Å². The number of benzene rings is 2. The predicted octanol–water partition coefficient (Wildman–Crippen LogP) is 3.65. The molecule has 4 rings (SSSR count). The number of hydrogen-bond donors (Lipinski definition) is 1. The van der Waals surface area contributed by atoms with E-state index < -0.39 is 5.91 Å². The number of carbonyl (C=O) groups is 3. The van der Waals surface area contributed by atoms with Crippen LogP contribution in [0.15, 0.2) is 65.7 Å². The van der Waals surface area contributed by atoms with E-state index in [2.05, 4.69) is 5.32 Å². The van der Waals surface area contributed by atoms with Crippen LogP contribution in [0.5, 0.6) is 0 Å². The summed E-state index contributed by atoms with van der Waals surface area (Å²) in [5.41, 5.74) is 2.13. The zero-order chi connectivity index (χ0) is 17.4. The first-order valence-electron chi connectivity index (χ1n) is 7.58. The van der Waals surface area contributed by atoms with Gasteiger partial charge in [0, 0.05) is 17.1 Å². The smallest absolute Gasteiger partial charge is 0.283 e. The van der Waals surface area contributed by atoms with Crippen molar-refractivity contribution in [3.63, 3.8) is 0 Å². The SMILES string of the molecule is O=C1NC(=O)/C(=C/c2cccc3c2ccn3C(=O)c2ccccc2)S1. The molecule has 0 atom stereocenters. The number of imide groups is 1. The molecule has 0 saturated carbocycles. The number of fused-ring (bicyclic) bond motifs is 1. The second-order valence-corrected chi connectivity index (χ2v) is 6.50. The molecule has 25 heavy (non-hydrogen) atoms. The number of thioether (sulfide) groups is 1. The van der Waals surface area contributed by atoms with Crippen LogP contribution in [0, 0.1) is 0 Å². The number of nitrogens with zero attached hydrogens (tertiary/aromatic N) is 1. The van der Waals surface area contributed by atoms with Gasteiger partial charge in [-0.15, -0.1) is 0 Å². The number of amides is 2. The summed E-state index contributed by atoms with van der Waals surface area (Å²) in [6, 6.07) is 16.4. The van der Waals surface area contributed by atoms with E-state index in [0.29, 0.717) is 10.5 Å². The van der Waals surface area contributed by atoms with Crippen molar-refractivity contribution >= 4 is 45.8 Å². The summed E-state index contributed by atoms with van der Waals surface area (Å²) in [4.78, 5) is 36.1. The minimum Gasteiger partial charge on any atom is -0.283 e. The van der Waals surface area contributed by atoms with Gasteiger partial charge in [0.25, 0.3) is 17.1 Å². The van der Waals surface area contributed by atoms with Crippen molar-refractivity contribution in [2.45, 2.75) is 0 Å². The van der Waals surface area contributed by atoms with Crippen LogP contribution < -0.4 is 5.32 Å². The summed E-state index contributed by atoms with van der Waals surface area (Å²) in [6.07, 6.45) is 3.39. The molecule has 3 aromatic rings. The number of rotatable bonds is 2. The van der Waals surface area contributed by atoms with E-state index in [1.165, 1.54) is 0 Å². The molecule has 0 aliphatic carbocycles. The molecule has 1 aliphatic heterocycles.